The number of hydrogen-bond acceptors (Lipinski definition) is 0. The Bertz CT molecular complexity index is 748. The van der Waals surface area contributed by atoms with Crippen LogP contribution in [0.2, 0.25) is 0 Å². The summed E-state index contributed by atoms with van der Waals surface area (Å²) >= 11 is 0. The fraction of sp³-hybridized carbons (Fsp3) is 0.533. The van der Waals surface area contributed by atoms with E-state index in [2.05, 4.69) is 67.6 Å². The Kier molecular flexibility index (Phi) is 10.4. The number of benzene rings is 2. The molecule has 1 fully saturated rings. The number of alkyl halides is 1. The first-order valence-corrected chi connectivity index (χ1v) is 12.8. The summed E-state index contributed by atoms with van der Waals surface area (Å²) in [6.07, 6.45) is 19.6. The van der Waals surface area contributed by atoms with Gasteiger partial charge in [-0.1, -0.05) is 113 Å². The van der Waals surface area contributed by atoms with Gasteiger partial charge in [0.05, 0.1) is 0 Å². The van der Waals surface area contributed by atoms with Crippen LogP contribution in [0.3, 0.4) is 0 Å². The summed E-state index contributed by atoms with van der Waals surface area (Å²) in [6.45, 7) is 2.28. The largest absolute Gasteiger partial charge is 0.247 e. The minimum absolute atomic E-state index is 0.537. The molecule has 168 valence electrons. The smallest absolute Gasteiger partial charge is 0.100 e. The maximum absolute atomic E-state index is 13.4. The van der Waals surface area contributed by atoms with Crippen LogP contribution in [0.15, 0.2) is 54.6 Å². The highest BCUT2D eigenvalue weighted by Gasteiger charge is 2.21. The van der Waals surface area contributed by atoms with Crippen LogP contribution in [0.25, 0.3) is 17.2 Å². The molecule has 1 aliphatic rings. The van der Waals surface area contributed by atoms with Crippen LogP contribution in [0.5, 0.6) is 0 Å². The van der Waals surface area contributed by atoms with E-state index in [4.69, 9.17) is 0 Å². The van der Waals surface area contributed by atoms with Crippen LogP contribution in [-0.2, 0) is 0 Å². The quantitative estimate of drug-likeness (QED) is 0.300. The first-order valence-electron chi connectivity index (χ1n) is 12.8. The molecule has 31 heavy (non-hydrogen) atoms. The molecule has 0 aliphatic heterocycles. The van der Waals surface area contributed by atoms with Gasteiger partial charge in [0.2, 0.25) is 0 Å². The zero-order valence-electron chi connectivity index (χ0n) is 19.5. The Labute approximate surface area is 190 Å². The molecule has 1 heteroatoms. The SMILES string of the molecule is CCCCCCCCCCC=Cc1ccc(-c2ccc([C@H]3CC[C@H](F)CC3)cc2)cc1. The van der Waals surface area contributed by atoms with Gasteiger partial charge in [-0.05, 0) is 66.7 Å². The van der Waals surface area contributed by atoms with Gasteiger partial charge in [-0.25, -0.2) is 4.39 Å². The van der Waals surface area contributed by atoms with Gasteiger partial charge in [0.1, 0.15) is 6.17 Å². The fourth-order valence-electron chi connectivity index (χ4n) is 4.74. The van der Waals surface area contributed by atoms with Crippen LogP contribution >= 0.6 is 0 Å². The second kappa shape index (κ2) is 13.5. The van der Waals surface area contributed by atoms with Crippen LogP contribution in [0.1, 0.15) is 107 Å². The predicted octanol–water partition coefficient (Wildman–Crippen LogP) is 9.89. The maximum atomic E-state index is 13.4. The lowest BCUT2D eigenvalue weighted by Crippen LogP contribution is -2.13. The summed E-state index contributed by atoms with van der Waals surface area (Å²) < 4.78 is 13.4. The summed E-state index contributed by atoms with van der Waals surface area (Å²) in [7, 11) is 0. The molecule has 2 aromatic carbocycles. The molecule has 0 amide bonds. The van der Waals surface area contributed by atoms with Crippen molar-refractivity contribution in [2.45, 2.75) is 102 Å². The molecule has 0 N–H and O–H groups in total. The van der Waals surface area contributed by atoms with Crippen molar-refractivity contribution in [3.63, 3.8) is 0 Å². The number of hydrogen-bond donors (Lipinski definition) is 0. The van der Waals surface area contributed by atoms with Gasteiger partial charge < -0.3 is 0 Å². The number of unbranched alkanes of at least 4 members (excludes halogenated alkanes) is 8. The average molecular weight is 421 g/mol. The molecular weight excluding hydrogens is 379 g/mol. The van der Waals surface area contributed by atoms with Gasteiger partial charge in [0.15, 0.2) is 0 Å². The summed E-state index contributed by atoms with van der Waals surface area (Å²) in [4.78, 5) is 0. The molecule has 1 aliphatic carbocycles. The molecule has 3 rings (SSSR count). The Morgan fingerprint density at radius 2 is 1.26 bits per heavy atom. The van der Waals surface area contributed by atoms with Crippen molar-refractivity contribution in [1.29, 1.82) is 0 Å². The Hall–Kier alpha value is -1.89. The first kappa shape index (κ1) is 23.8. The van der Waals surface area contributed by atoms with E-state index in [0.29, 0.717) is 5.92 Å². The summed E-state index contributed by atoms with van der Waals surface area (Å²) in [5.41, 5.74) is 5.18. The second-order valence-electron chi connectivity index (χ2n) is 9.36. The standard InChI is InChI=1S/C30H41F/c1-2-3-4-5-6-7-8-9-10-11-12-25-13-15-26(16-14-25)27-17-19-28(20-18-27)29-21-23-30(31)24-22-29/h11-20,29-30H,2-10,21-24H2,1H3/t29-,30-. The molecule has 0 atom stereocenters. The van der Waals surface area contributed by atoms with Crippen LogP contribution < -0.4 is 0 Å². The molecule has 0 heterocycles. The molecule has 0 bridgehead atoms. The van der Waals surface area contributed by atoms with Crippen molar-refractivity contribution in [2.75, 3.05) is 0 Å². The highest BCUT2D eigenvalue weighted by Crippen LogP contribution is 2.35. The van der Waals surface area contributed by atoms with Gasteiger partial charge >= 0.3 is 0 Å². The van der Waals surface area contributed by atoms with Gasteiger partial charge in [-0.15, -0.1) is 0 Å². The van der Waals surface area contributed by atoms with Gasteiger partial charge in [0.25, 0.3) is 0 Å². The lowest BCUT2D eigenvalue weighted by atomic mass is 9.83. The minimum Gasteiger partial charge on any atom is -0.247 e. The van der Waals surface area contributed by atoms with E-state index in [1.165, 1.54) is 80.0 Å². The van der Waals surface area contributed by atoms with Crippen molar-refractivity contribution in [2.24, 2.45) is 0 Å². The zero-order valence-corrected chi connectivity index (χ0v) is 19.5. The molecular formula is C30H41F. The maximum Gasteiger partial charge on any atom is 0.100 e. The Morgan fingerprint density at radius 3 is 1.87 bits per heavy atom. The highest BCUT2D eigenvalue weighted by molar-refractivity contribution is 5.66. The highest BCUT2D eigenvalue weighted by atomic mass is 19.1. The topological polar surface area (TPSA) is 0 Å². The monoisotopic (exact) mass is 420 g/mol. The number of rotatable bonds is 12. The molecule has 0 nitrogen and oxygen atoms in total. The molecule has 2 aromatic rings. The fourth-order valence-corrected chi connectivity index (χ4v) is 4.74. The van der Waals surface area contributed by atoms with E-state index < -0.39 is 6.17 Å². The van der Waals surface area contributed by atoms with Gasteiger partial charge in [-0.3, -0.25) is 0 Å². The lowest BCUT2D eigenvalue weighted by molar-refractivity contribution is 0.235. The van der Waals surface area contributed by atoms with E-state index in [-0.39, 0.29) is 0 Å². The van der Waals surface area contributed by atoms with E-state index in [1.54, 1.807) is 0 Å². The lowest BCUT2D eigenvalue weighted by Gasteiger charge is -2.24. The Balaban J connectivity index is 1.39. The minimum atomic E-state index is -0.580. The van der Waals surface area contributed by atoms with Crippen LogP contribution in [0, 0.1) is 0 Å². The Morgan fingerprint density at radius 1 is 0.710 bits per heavy atom. The summed E-state index contributed by atoms with van der Waals surface area (Å²) in [5.74, 6) is 0.537. The van der Waals surface area contributed by atoms with E-state index >= 15 is 0 Å². The number of halogens is 1. The average Bonchev–Trinajstić information content (AvgIpc) is 2.81. The third-order valence-electron chi connectivity index (χ3n) is 6.82. The van der Waals surface area contributed by atoms with Crippen LogP contribution in [0.4, 0.5) is 4.39 Å². The third kappa shape index (κ3) is 8.28. The first-order chi connectivity index (χ1) is 15.3. The molecule has 1 saturated carbocycles. The zero-order chi connectivity index (χ0) is 21.7. The van der Waals surface area contributed by atoms with Crippen molar-refractivity contribution in [1.82, 2.24) is 0 Å². The van der Waals surface area contributed by atoms with Gasteiger partial charge in [-0.2, -0.15) is 0 Å². The van der Waals surface area contributed by atoms with Crippen molar-refractivity contribution in [3.8, 4) is 11.1 Å². The summed E-state index contributed by atoms with van der Waals surface area (Å²) in [5, 5.41) is 0. The third-order valence-corrected chi connectivity index (χ3v) is 6.82. The summed E-state index contributed by atoms with van der Waals surface area (Å²) in [6, 6.07) is 17.8. The molecule has 0 unspecified atom stereocenters. The van der Waals surface area contributed by atoms with E-state index in [0.717, 1.165) is 25.7 Å². The molecule has 0 saturated heterocycles. The van der Waals surface area contributed by atoms with E-state index in [1.807, 2.05) is 0 Å². The van der Waals surface area contributed by atoms with Crippen molar-refractivity contribution < 1.29 is 4.39 Å². The molecule has 0 spiro atoms. The molecule has 0 radical (unpaired) electrons. The van der Waals surface area contributed by atoms with Crippen molar-refractivity contribution >= 4 is 6.08 Å². The number of allylic oxidation sites excluding steroid dienone is 1. The van der Waals surface area contributed by atoms with Gasteiger partial charge in [0, 0.05) is 0 Å². The normalized spacial score (nSPS) is 19.2. The van der Waals surface area contributed by atoms with Crippen LogP contribution in [-0.4, -0.2) is 6.17 Å². The van der Waals surface area contributed by atoms with Crippen molar-refractivity contribution in [3.05, 3.63) is 65.7 Å². The second-order valence-corrected chi connectivity index (χ2v) is 9.36. The van der Waals surface area contributed by atoms with E-state index in [9.17, 15) is 4.39 Å². The molecule has 0 aromatic heterocycles. The predicted molar refractivity (Wildman–Crippen MR) is 134 cm³/mol.